The van der Waals surface area contributed by atoms with Gasteiger partial charge in [0.25, 0.3) is 0 Å². The van der Waals surface area contributed by atoms with Crippen molar-refractivity contribution < 1.29 is 4.74 Å². The third kappa shape index (κ3) is 5.75. The zero-order valence-corrected chi connectivity index (χ0v) is 12.4. The van der Waals surface area contributed by atoms with Gasteiger partial charge in [0.15, 0.2) is 0 Å². The average Bonchev–Trinajstić information content (AvgIpc) is 2.51. The Morgan fingerprint density at radius 2 is 1.95 bits per heavy atom. The summed E-state index contributed by atoms with van der Waals surface area (Å²) >= 11 is 5.87. The molecule has 2 rings (SSSR count). The van der Waals surface area contributed by atoms with Crippen LogP contribution in [0.4, 0.5) is 5.69 Å². The highest BCUT2D eigenvalue weighted by atomic mass is 35.5. The summed E-state index contributed by atoms with van der Waals surface area (Å²) in [7, 11) is 0. The molecular weight excluding hydrogens is 286 g/mol. The molecule has 21 heavy (non-hydrogen) atoms. The lowest BCUT2D eigenvalue weighted by atomic mass is 10.3. The number of para-hydroxylation sites is 1. The van der Waals surface area contributed by atoms with Crippen LogP contribution >= 0.6 is 11.6 Å². The van der Waals surface area contributed by atoms with E-state index in [-0.39, 0.29) is 0 Å². The van der Waals surface area contributed by atoms with Crippen LogP contribution in [0, 0.1) is 0 Å². The highest BCUT2D eigenvalue weighted by Crippen LogP contribution is 2.16. The molecule has 0 heterocycles. The van der Waals surface area contributed by atoms with Gasteiger partial charge in [0.2, 0.25) is 0 Å². The molecule has 0 saturated carbocycles. The van der Waals surface area contributed by atoms with E-state index < -0.39 is 0 Å². The predicted octanol–water partition coefficient (Wildman–Crippen LogP) is 3.19. The molecule has 0 saturated heterocycles. The fourth-order valence-electron chi connectivity index (χ4n) is 1.71. The fraction of sp³-hybridized carbons (Fsp3) is 0.188. The number of ether oxygens (including phenoxy) is 1. The fourth-order valence-corrected chi connectivity index (χ4v) is 1.89. The lowest BCUT2D eigenvalue weighted by molar-refractivity contribution is 0.329. The minimum atomic E-state index is 0.465. The molecule has 2 aromatic carbocycles. The third-order valence-corrected chi connectivity index (χ3v) is 2.95. The highest BCUT2D eigenvalue weighted by Gasteiger charge is 1.96. The van der Waals surface area contributed by atoms with Crippen molar-refractivity contribution in [2.75, 3.05) is 25.0 Å². The summed E-state index contributed by atoms with van der Waals surface area (Å²) in [5.41, 5.74) is 6.86. The first-order chi connectivity index (χ1) is 10.2. The molecule has 0 aliphatic carbocycles. The summed E-state index contributed by atoms with van der Waals surface area (Å²) in [5.74, 6) is 1.28. The van der Waals surface area contributed by atoms with Crippen LogP contribution in [0.3, 0.4) is 0 Å². The Labute approximate surface area is 129 Å². The van der Waals surface area contributed by atoms with Gasteiger partial charge in [0.1, 0.15) is 18.2 Å². The van der Waals surface area contributed by atoms with Crippen molar-refractivity contribution in [1.29, 1.82) is 0 Å². The van der Waals surface area contributed by atoms with Crippen molar-refractivity contribution >= 4 is 23.1 Å². The first-order valence-electron chi connectivity index (χ1n) is 6.70. The molecule has 0 aliphatic heterocycles. The van der Waals surface area contributed by atoms with Crippen LogP contribution in [0.15, 0.2) is 59.6 Å². The van der Waals surface area contributed by atoms with Crippen LogP contribution in [0.25, 0.3) is 0 Å². The quantitative estimate of drug-likeness (QED) is 0.469. The Kier molecular flexibility index (Phi) is 5.91. The number of anilines is 1. The number of hydrogen-bond acceptors (Lipinski definition) is 3. The number of nitrogens with zero attached hydrogens (tertiary/aromatic N) is 1. The van der Waals surface area contributed by atoms with Crippen LogP contribution in [0.2, 0.25) is 5.02 Å². The summed E-state index contributed by atoms with van der Waals surface area (Å²) in [6.45, 7) is 1.49. The van der Waals surface area contributed by atoms with Gasteiger partial charge >= 0.3 is 0 Å². The SMILES string of the molecule is NC(CNc1ccccc1)=NCCOc1cccc(Cl)c1. The summed E-state index contributed by atoms with van der Waals surface area (Å²) < 4.78 is 5.53. The van der Waals surface area contributed by atoms with Gasteiger partial charge in [-0.15, -0.1) is 0 Å². The topological polar surface area (TPSA) is 59.6 Å². The summed E-state index contributed by atoms with van der Waals surface area (Å²) in [6.07, 6.45) is 0. The Morgan fingerprint density at radius 3 is 2.71 bits per heavy atom. The third-order valence-electron chi connectivity index (χ3n) is 2.72. The summed E-state index contributed by atoms with van der Waals surface area (Å²) in [5, 5.41) is 3.85. The van der Waals surface area contributed by atoms with Crippen LogP contribution in [-0.4, -0.2) is 25.5 Å². The molecule has 0 spiro atoms. The molecule has 0 amide bonds. The largest absolute Gasteiger partial charge is 0.492 e. The van der Waals surface area contributed by atoms with Crippen LogP contribution < -0.4 is 15.8 Å². The van der Waals surface area contributed by atoms with E-state index in [1.807, 2.05) is 42.5 Å². The molecule has 0 unspecified atom stereocenters. The minimum absolute atomic E-state index is 0.465. The minimum Gasteiger partial charge on any atom is -0.492 e. The van der Waals surface area contributed by atoms with Crippen molar-refractivity contribution in [3.8, 4) is 5.75 Å². The number of amidine groups is 1. The first kappa shape index (κ1) is 15.2. The number of aliphatic imine (C=N–C) groups is 1. The Balaban J connectivity index is 1.69. The van der Waals surface area contributed by atoms with Crippen molar-refractivity contribution in [2.24, 2.45) is 10.7 Å². The summed E-state index contributed by atoms with van der Waals surface area (Å²) in [6, 6.07) is 17.1. The zero-order valence-electron chi connectivity index (χ0n) is 11.6. The number of nitrogens with one attached hydrogen (secondary N) is 1. The van der Waals surface area contributed by atoms with Gasteiger partial charge in [0.05, 0.1) is 13.1 Å². The molecule has 0 radical (unpaired) electrons. The number of benzene rings is 2. The van der Waals surface area contributed by atoms with Crippen molar-refractivity contribution in [2.45, 2.75) is 0 Å². The Morgan fingerprint density at radius 1 is 1.14 bits per heavy atom. The molecule has 5 heteroatoms. The molecular formula is C16H18ClN3O. The van der Waals surface area contributed by atoms with Crippen molar-refractivity contribution in [3.63, 3.8) is 0 Å². The van der Waals surface area contributed by atoms with Crippen LogP contribution in [0.1, 0.15) is 0 Å². The molecule has 2 aromatic rings. The standard InChI is InChI=1S/C16H18ClN3O/c17-13-5-4-8-15(11-13)21-10-9-19-16(18)12-20-14-6-2-1-3-7-14/h1-8,11,20H,9-10,12H2,(H2,18,19). The van der Waals surface area contributed by atoms with E-state index >= 15 is 0 Å². The second-order valence-corrected chi connectivity index (χ2v) is 4.83. The van der Waals surface area contributed by atoms with Gasteiger partial charge in [-0.05, 0) is 30.3 Å². The van der Waals surface area contributed by atoms with E-state index in [0.717, 1.165) is 11.4 Å². The molecule has 0 atom stereocenters. The van der Waals surface area contributed by atoms with E-state index in [0.29, 0.717) is 30.6 Å². The average molecular weight is 304 g/mol. The maximum atomic E-state index is 5.87. The lowest BCUT2D eigenvalue weighted by Gasteiger charge is -2.07. The van der Waals surface area contributed by atoms with E-state index in [4.69, 9.17) is 22.1 Å². The molecule has 0 aromatic heterocycles. The molecule has 4 nitrogen and oxygen atoms in total. The van der Waals surface area contributed by atoms with Crippen LogP contribution in [0.5, 0.6) is 5.75 Å². The Bertz CT molecular complexity index is 587. The van der Waals surface area contributed by atoms with Gasteiger partial charge in [-0.25, -0.2) is 0 Å². The number of halogens is 1. The second kappa shape index (κ2) is 8.17. The molecule has 0 fully saturated rings. The van der Waals surface area contributed by atoms with Gasteiger partial charge in [0, 0.05) is 10.7 Å². The highest BCUT2D eigenvalue weighted by molar-refractivity contribution is 6.30. The zero-order chi connectivity index (χ0) is 14.9. The Hall–Kier alpha value is -2.20. The summed E-state index contributed by atoms with van der Waals surface area (Å²) in [4.78, 5) is 4.25. The number of nitrogens with two attached hydrogens (primary N) is 1. The van der Waals surface area contributed by atoms with E-state index in [1.165, 1.54) is 0 Å². The second-order valence-electron chi connectivity index (χ2n) is 4.40. The number of rotatable bonds is 7. The van der Waals surface area contributed by atoms with Crippen LogP contribution in [-0.2, 0) is 0 Å². The molecule has 0 bridgehead atoms. The number of hydrogen-bond donors (Lipinski definition) is 2. The predicted molar refractivity (Wildman–Crippen MR) is 88.4 cm³/mol. The smallest absolute Gasteiger partial charge is 0.120 e. The molecule has 0 aliphatic rings. The van der Waals surface area contributed by atoms with Gasteiger partial charge in [-0.2, -0.15) is 0 Å². The first-order valence-corrected chi connectivity index (χ1v) is 7.08. The van der Waals surface area contributed by atoms with Crippen molar-refractivity contribution in [3.05, 3.63) is 59.6 Å². The van der Waals surface area contributed by atoms with Gasteiger partial charge in [-0.3, -0.25) is 4.99 Å². The molecule has 3 N–H and O–H groups in total. The molecule has 110 valence electrons. The maximum Gasteiger partial charge on any atom is 0.120 e. The van der Waals surface area contributed by atoms with E-state index in [2.05, 4.69) is 10.3 Å². The normalized spacial score (nSPS) is 11.2. The lowest BCUT2D eigenvalue weighted by Crippen LogP contribution is -2.23. The van der Waals surface area contributed by atoms with Crippen molar-refractivity contribution in [1.82, 2.24) is 0 Å². The van der Waals surface area contributed by atoms with Gasteiger partial charge < -0.3 is 15.8 Å². The van der Waals surface area contributed by atoms with E-state index in [9.17, 15) is 0 Å². The maximum absolute atomic E-state index is 5.87. The van der Waals surface area contributed by atoms with E-state index in [1.54, 1.807) is 12.1 Å². The monoisotopic (exact) mass is 303 g/mol. The van der Waals surface area contributed by atoms with Gasteiger partial charge in [-0.1, -0.05) is 35.9 Å².